The highest BCUT2D eigenvalue weighted by molar-refractivity contribution is 9.10. The average molecular weight is 361 g/mol. The van der Waals surface area contributed by atoms with Crippen LogP contribution in [-0.4, -0.2) is 17.8 Å². The van der Waals surface area contributed by atoms with Crippen molar-refractivity contribution < 1.29 is 23.2 Å². The lowest BCUT2D eigenvalue weighted by molar-refractivity contribution is -0.134. The van der Waals surface area contributed by atoms with E-state index in [4.69, 9.17) is 0 Å². The van der Waals surface area contributed by atoms with Gasteiger partial charge >= 0.3 is 6.03 Å². The second kappa shape index (κ2) is 5.88. The molecule has 8 heteroatoms. The number of hydrogen-bond acceptors (Lipinski definition) is 3. The third-order valence-corrected chi connectivity index (χ3v) is 3.66. The number of nitrogens with one attached hydrogen (secondary N) is 1. The van der Waals surface area contributed by atoms with Crippen molar-refractivity contribution in [3.05, 3.63) is 28.2 Å². The number of hydrogen-bond donors (Lipinski definition) is 1. The zero-order valence-corrected chi connectivity index (χ0v) is 12.5. The van der Waals surface area contributed by atoms with Gasteiger partial charge in [-0.3, -0.25) is 14.9 Å². The molecule has 0 aromatic heterocycles. The highest BCUT2D eigenvalue weighted by Crippen LogP contribution is 2.33. The first-order valence-electron chi connectivity index (χ1n) is 6.20. The Kier molecular flexibility index (Phi) is 4.36. The van der Waals surface area contributed by atoms with E-state index in [0.717, 1.165) is 6.07 Å². The number of barbiturate groups is 1. The summed E-state index contributed by atoms with van der Waals surface area (Å²) in [6.45, 7) is 1.77. The number of nitrogens with zero attached hydrogens (tertiary/aromatic N) is 1. The van der Waals surface area contributed by atoms with Gasteiger partial charge in [-0.25, -0.2) is 18.5 Å². The van der Waals surface area contributed by atoms with Crippen molar-refractivity contribution in [3.63, 3.8) is 0 Å². The summed E-state index contributed by atoms with van der Waals surface area (Å²) in [6, 6.07) is 0.444. The molecule has 0 bridgehead atoms. The smallest absolute Gasteiger partial charge is 0.277 e. The fourth-order valence-corrected chi connectivity index (χ4v) is 2.71. The number of anilines is 1. The highest BCUT2D eigenvalue weighted by Gasteiger charge is 2.42. The van der Waals surface area contributed by atoms with Gasteiger partial charge in [0.05, 0.1) is 0 Å². The molecule has 1 aromatic carbocycles. The molecule has 21 heavy (non-hydrogen) atoms. The van der Waals surface area contributed by atoms with Gasteiger partial charge in [0.1, 0.15) is 17.4 Å². The Hall–Kier alpha value is -1.83. The van der Waals surface area contributed by atoms with Crippen LogP contribution in [0.2, 0.25) is 0 Å². The number of benzene rings is 1. The maximum absolute atomic E-state index is 13.9. The minimum absolute atomic E-state index is 0.0897. The number of halogens is 3. The number of rotatable bonds is 3. The Labute approximate surface area is 127 Å². The Bertz CT molecular complexity index is 613. The summed E-state index contributed by atoms with van der Waals surface area (Å²) in [5.41, 5.74) is -0.410. The molecule has 1 N–H and O–H groups in total. The average Bonchev–Trinajstić information content (AvgIpc) is 2.37. The van der Waals surface area contributed by atoms with Gasteiger partial charge in [0.15, 0.2) is 5.82 Å². The lowest BCUT2D eigenvalue weighted by Crippen LogP contribution is -2.58. The van der Waals surface area contributed by atoms with Crippen molar-refractivity contribution in [2.75, 3.05) is 4.90 Å². The summed E-state index contributed by atoms with van der Waals surface area (Å²) in [5, 5.41) is 2.01. The van der Waals surface area contributed by atoms with Crippen LogP contribution in [0.15, 0.2) is 16.6 Å². The van der Waals surface area contributed by atoms with Crippen molar-refractivity contribution >= 4 is 39.5 Å². The van der Waals surface area contributed by atoms with Crippen molar-refractivity contribution in [3.8, 4) is 0 Å². The molecule has 1 fully saturated rings. The lowest BCUT2D eigenvalue weighted by Gasteiger charge is -2.30. The van der Waals surface area contributed by atoms with E-state index in [-0.39, 0.29) is 10.9 Å². The molecule has 0 radical (unpaired) electrons. The molecule has 0 saturated carbocycles. The number of carbonyl (C=O) groups is 3. The van der Waals surface area contributed by atoms with E-state index in [2.05, 4.69) is 15.9 Å². The summed E-state index contributed by atoms with van der Waals surface area (Å²) in [6.07, 6.45) is 0.772. The summed E-state index contributed by atoms with van der Waals surface area (Å²) < 4.78 is 26.9. The molecular weight excluding hydrogens is 350 g/mol. The van der Waals surface area contributed by atoms with Crippen LogP contribution in [0.3, 0.4) is 0 Å². The predicted octanol–water partition coefficient (Wildman–Crippen LogP) is 2.73. The van der Waals surface area contributed by atoms with Gasteiger partial charge in [-0.1, -0.05) is 13.3 Å². The van der Waals surface area contributed by atoms with E-state index in [1.54, 1.807) is 6.92 Å². The van der Waals surface area contributed by atoms with E-state index in [0.29, 0.717) is 17.4 Å². The van der Waals surface area contributed by atoms with Crippen LogP contribution in [-0.2, 0) is 9.59 Å². The Morgan fingerprint density at radius 2 is 1.95 bits per heavy atom. The SMILES string of the molecule is CCCC1C(=O)NC(=O)N(c2c(F)cc(F)cc2Br)C1=O. The molecule has 0 spiro atoms. The van der Waals surface area contributed by atoms with Gasteiger partial charge in [-0.15, -0.1) is 0 Å². The van der Waals surface area contributed by atoms with Crippen molar-refractivity contribution in [1.29, 1.82) is 0 Å². The number of amides is 4. The molecule has 1 aliphatic heterocycles. The Morgan fingerprint density at radius 1 is 1.29 bits per heavy atom. The fourth-order valence-electron chi connectivity index (χ4n) is 2.12. The largest absolute Gasteiger partial charge is 0.335 e. The second-order valence-electron chi connectivity index (χ2n) is 4.53. The summed E-state index contributed by atoms with van der Waals surface area (Å²) in [7, 11) is 0. The van der Waals surface area contributed by atoms with Crippen LogP contribution in [0.1, 0.15) is 19.8 Å². The highest BCUT2D eigenvalue weighted by atomic mass is 79.9. The standard InChI is InChI=1S/C13H11BrF2N2O3/c1-2-3-7-11(19)17-13(21)18(12(7)20)10-8(14)4-6(15)5-9(10)16/h4-5,7H,2-3H2,1H3,(H,17,19,21). The van der Waals surface area contributed by atoms with Crippen molar-refractivity contribution in [2.45, 2.75) is 19.8 Å². The third kappa shape index (κ3) is 2.80. The molecule has 1 aliphatic rings. The van der Waals surface area contributed by atoms with E-state index < -0.39 is 41.1 Å². The van der Waals surface area contributed by atoms with Crippen LogP contribution in [0.25, 0.3) is 0 Å². The van der Waals surface area contributed by atoms with Gasteiger partial charge in [-0.2, -0.15) is 0 Å². The minimum Gasteiger partial charge on any atom is -0.277 e. The number of carbonyl (C=O) groups excluding carboxylic acids is 3. The van der Waals surface area contributed by atoms with E-state index in [1.807, 2.05) is 5.32 Å². The number of urea groups is 1. The second-order valence-corrected chi connectivity index (χ2v) is 5.38. The molecule has 112 valence electrons. The normalized spacial score (nSPS) is 19.0. The summed E-state index contributed by atoms with van der Waals surface area (Å²) in [5.74, 6) is -4.52. The van der Waals surface area contributed by atoms with Gasteiger partial charge in [0.25, 0.3) is 0 Å². The molecule has 1 aromatic rings. The van der Waals surface area contributed by atoms with Crippen LogP contribution in [0.4, 0.5) is 19.3 Å². The number of imide groups is 2. The van der Waals surface area contributed by atoms with E-state index in [1.165, 1.54) is 0 Å². The molecular formula is C13H11BrF2N2O3. The zero-order chi connectivity index (χ0) is 15.7. The zero-order valence-electron chi connectivity index (χ0n) is 11.0. The molecule has 1 atom stereocenters. The van der Waals surface area contributed by atoms with Gasteiger partial charge in [-0.05, 0) is 28.4 Å². The van der Waals surface area contributed by atoms with Crippen molar-refractivity contribution in [1.82, 2.24) is 5.32 Å². The maximum atomic E-state index is 13.9. The molecule has 0 aliphatic carbocycles. The lowest BCUT2D eigenvalue weighted by atomic mass is 9.99. The van der Waals surface area contributed by atoms with E-state index >= 15 is 0 Å². The third-order valence-electron chi connectivity index (χ3n) is 3.05. The van der Waals surface area contributed by atoms with Crippen LogP contribution in [0, 0.1) is 17.6 Å². The summed E-state index contributed by atoms with van der Waals surface area (Å²) >= 11 is 2.92. The molecule has 1 saturated heterocycles. The predicted molar refractivity (Wildman–Crippen MR) is 73.5 cm³/mol. The van der Waals surface area contributed by atoms with Gasteiger partial charge in [0.2, 0.25) is 11.8 Å². The van der Waals surface area contributed by atoms with Crippen LogP contribution >= 0.6 is 15.9 Å². The van der Waals surface area contributed by atoms with Crippen LogP contribution < -0.4 is 10.2 Å². The van der Waals surface area contributed by atoms with E-state index in [9.17, 15) is 23.2 Å². The molecule has 1 unspecified atom stereocenters. The quantitative estimate of drug-likeness (QED) is 0.842. The first kappa shape index (κ1) is 15.6. The van der Waals surface area contributed by atoms with Gasteiger partial charge in [0, 0.05) is 10.5 Å². The van der Waals surface area contributed by atoms with Crippen LogP contribution in [0.5, 0.6) is 0 Å². The fraction of sp³-hybridized carbons (Fsp3) is 0.308. The Balaban J connectivity index is 2.49. The van der Waals surface area contributed by atoms with Crippen molar-refractivity contribution in [2.24, 2.45) is 5.92 Å². The maximum Gasteiger partial charge on any atom is 0.335 e. The molecule has 4 amide bonds. The molecule has 2 rings (SSSR count). The monoisotopic (exact) mass is 360 g/mol. The van der Waals surface area contributed by atoms with Gasteiger partial charge < -0.3 is 0 Å². The first-order valence-corrected chi connectivity index (χ1v) is 6.99. The molecule has 1 heterocycles. The first-order chi connectivity index (χ1) is 9.86. The minimum atomic E-state index is -1.07. The Morgan fingerprint density at radius 3 is 2.52 bits per heavy atom. The topological polar surface area (TPSA) is 66.5 Å². The molecule has 5 nitrogen and oxygen atoms in total. The summed E-state index contributed by atoms with van der Waals surface area (Å²) in [4.78, 5) is 36.3.